The summed E-state index contributed by atoms with van der Waals surface area (Å²) >= 11 is 3.36. The van der Waals surface area contributed by atoms with Crippen LogP contribution in [0.25, 0.3) is 0 Å². The lowest BCUT2D eigenvalue weighted by atomic mass is 10.2. The lowest BCUT2D eigenvalue weighted by molar-refractivity contribution is -0.145. The first-order chi connectivity index (χ1) is 7.15. The van der Waals surface area contributed by atoms with Crippen molar-refractivity contribution >= 4 is 21.9 Å². The fraction of sp³-hybridized carbons (Fsp3) is 0.364. The Morgan fingerprint density at radius 2 is 2.20 bits per heavy atom. The van der Waals surface area contributed by atoms with Gasteiger partial charge >= 0.3 is 5.97 Å². The molecular formula is C11H13BrO3. The van der Waals surface area contributed by atoms with Crippen LogP contribution in [0.1, 0.15) is 12.5 Å². The van der Waals surface area contributed by atoms with E-state index >= 15 is 0 Å². The van der Waals surface area contributed by atoms with E-state index in [1.165, 1.54) is 0 Å². The van der Waals surface area contributed by atoms with Crippen LogP contribution in [0.2, 0.25) is 0 Å². The maximum absolute atomic E-state index is 11.1. The highest BCUT2D eigenvalue weighted by Gasteiger charge is 2.07. The Bertz CT molecular complexity index is 329. The van der Waals surface area contributed by atoms with Crippen LogP contribution in [-0.4, -0.2) is 19.2 Å². The topological polar surface area (TPSA) is 35.5 Å². The average molecular weight is 273 g/mol. The lowest BCUT2D eigenvalue weighted by Gasteiger charge is -2.09. The van der Waals surface area contributed by atoms with Gasteiger partial charge in [0.25, 0.3) is 0 Å². The normalized spacial score (nSPS) is 9.80. The molecule has 1 rings (SSSR count). The fourth-order valence-corrected chi connectivity index (χ4v) is 1.71. The molecule has 1 aromatic carbocycles. The van der Waals surface area contributed by atoms with Crippen LogP contribution < -0.4 is 4.74 Å². The van der Waals surface area contributed by atoms with E-state index in [-0.39, 0.29) is 12.6 Å². The summed E-state index contributed by atoms with van der Waals surface area (Å²) in [5.41, 5.74) is 0.980. The minimum Gasteiger partial charge on any atom is -0.480 e. The molecule has 0 atom stereocenters. The molecule has 3 nitrogen and oxygen atoms in total. The highest BCUT2D eigenvalue weighted by Crippen LogP contribution is 2.28. The van der Waals surface area contributed by atoms with Crippen molar-refractivity contribution < 1.29 is 14.3 Å². The second kappa shape index (κ2) is 5.75. The maximum atomic E-state index is 11.1. The molecule has 0 heterocycles. The molecular weight excluding hydrogens is 260 g/mol. The van der Waals surface area contributed by atoms with E-state index < -0.39 is 0 Å². The van der Waals surface area contributed by atoms with Crippen LogP contribution in [0.5, 0.6) is 5.75 Å². The summed E-state index contributed by atoms with van der Waals surface area (Å²) in [6.45, 7) is 4.00. The predicted octanol–water partition coefficient (Wildman–Crippen LogP) is 2.70. The summed E-state index contributed by atoms with van der Waals surface area (Å²) in [6.07, 6.45) is 0. The van der Waals surface area contributed by atoms with Gasteiger partial charge in [0, 0.05) is 0 Å². The molecule has 0 saturated heterocycles. The van der Waals surface area contributed by atoms with E-state index in [1.807, 2.05) is 25.1 Å². The van der Waals surface area contributed by atoms with Gasteiger partial charge < -0.3 is 9.47 Å². The standard InChI is InChI=1S/C11H13BrO3/c1-3-14-10(13)7-15-11-8(2)5-4-6-9(11)12/h4-6H,3,7H2,1-2H3. The van der Waals surface area contributed by atoms with Gasteiger partial charge in [-0.25, -0.2) is 4.79 Å². The highest BCUT2D eigenvalue weighted by atomic mass is 79.9. The molecule has 0 N–H and O–H groups in total. The van der Waals surface area contributed by atoms with Crippen LogP contribution in [0.15, 0.2) is 22.7 Å². The number of para-hydroxylation sites is 1. The number of esters is 1. The van der Waals surface area contributed by atoms with Crippen molar-refractivity contribution in [3.8, 4) is 5.75 Å². The van der Waals surface area contributed by atoms with Gasteiger partial charge in [0.1, 0.15) is 5.75 Å². The third-order valence-electron chi connectivity index (χ3n) is 1.80. The Balaban J connectivity index is 2.61. The Morgan fingerprint density at radius 3 is 2.80 bits per heavy atom. The van der Waals surface area contributed by atoms with Crippen molar-refractivity contribution in [3.63, 3.8) is 0 Å². The van der Waals surface area contributed by atoms with Crippen molar-refractivity contribution in [2.75, 3.05) is 13.2 Å². The van der Waals surface area contributed by atoms with Crippen LogP contribution in [0.4, 0.5) is 0 Å². The number of aryl methyl sites for hydroxylation is 1. The summed E-state index contributed by atoms with van der Waals surface area (Å²) in [5.74, 6) is 0.332. The molecule has 0 aliphatic heterocycles. The minimum atomic E-state index is -0.354. The van der Waals surface area contributed by atoms with Crippen LogP contribution in [0.3, 0.4) is 0 Å². The molecule has 0 spiro atoms. The summed E-state index contributed by atoms with van der Waals surface area (Å²) in [5, 5.41) is 0. The number of carbonyl (C=O) groups excluding carboxylic acids is 1. The molecule has 1 aromatic rings. The van der Waals surface area contributed by atoms with Gasteiger partial charge in [0.15, 0.2) is 6.61 Å². The third kappa shape index (κ3) is 3.55. The Morgan fingerprint density at radius 1 is 1.47 bits per heavy atom. The lowest BCUT2D eigenvalue weighted by Crippen LogP contribution is -2.15. The molecule has 0 aliphatic rings. The van der Waals surface area contributed by atoms with Gasteiger partial charge in [-0.15, -0.1) is 0 Å². The van der Waals surface area contributed by atoms with E-state index in [4.69, 9.17) is 9.47 Å². The van der Waals surface area contributed by atoms with Crippen molar-refractivity contribution in [2.24, 2.45) is 0 Å². The summed E-state index contributed by atoms with van der Waals surface area (Å²) < 4.78 is 11.0. The Labute approximate surface area is 97.5 Å². The van der Waals surface area contributed by atoms with Crippen LogP contribution in [0, 0.1) is 6.92 Å². The first-order valence-corrected chi connectivity index (χ1v) is 5.48. The molecule has 4 heteroatoms. The molecule has 82 valence electrons. The number of ether oxygens (including phenoxy) is 2. The van der Waals surface area contributed by atoms with E-state index in [0.29, 0.717) is 12.4 Å². The molecule has 0 unspecified atom stereocenters. The first kappa shape index (κ1) is 12.0. The van der Waals surface area contributed by atoms with Crippen molar-refractivity contribution in [3.05, 3.63) is 28.2 Å². The summed E-state index contributed by atoms with van der Waals surface area (Å²) in [7, 11) is 0. The fourth-order valence-electron chi connectivity index (χ4n) is 1.13. The predicted molar refractivity (Wildman–Crippen MR) is 61.0 cm³/mol. The zero-order chi connectivity index (χ0) is 11.3. The summed E-state index contributed by atoms with van der Waals surface area (Å²) in [6, 6.07) is 5.70. The molecule has 0 fully saturated rings. The second-order valence-electron chi connectivity index (χ2n) is 2.98. The minimum absolute atomic E-state index is 0.0582. The van der Waals surface area contributed by atoms with Gasteiger partial charge in [-0.3, -0.25) is 0 Å². The number of carbonyl (C=O) groups is 1. The summed E-state index contributed by atoms with van der Waals surface area (Å²) in [4.78, 5) is 11.1. The number of halogens is 1. The van der Waals surface area contributed by atoms with Crippen LogP contribution in [-0.2, 0) is 9.53 Å². The first-order valence-electron chi connectivity index (χ1n) is 4.68. The molecule has 15 heavy (non-hydrogen) atoms. The maximum Gasteiger partial charge on any atom is 0.344 e. The van der Waals surface area contributed by atoms with E-state index in [1.54, 1.807) is 6.92 Å². The van der Waals surface area contributed by atoms with E-state index in [2.05, 4.69) is 15.9 Å². The van der Waals surface area contributed by atoms with Gasteiger partial charge in [0.2, 0.25) is 0 Å². The van der Waals surface area contributed by atoms with Crippen LogP contribution >= 0.6 is 15.9 Å². The number of rotatable bonds is 4. The average Bonchev–Trinajstić information content (AvgIpc) is 2.17. The van der Waals surface area contributed by atoms with E-state index in [0.717, 1.165) is 10.0 Å². The quantitative estimate of drug-likeness (QED) is 0.791. The zero-order valence-corrected chi connectivity index (χ0v) is 10.3. The Hall–Kier alpha value is -1.03. The van der Waals surface area contributed by atoms with Crippen molar-refractivity contribution in [2.45, 2.75) is 13.8 Å². The van der Waals surface area contributed by atoms with Crippen molar-refractivity contribution in [1.29, 1.82) is 0 Å². The van der Waals surface area contributed by atoms with Gasteiger partial charge in [0.05, 0.1) is 11.1 Å². The molecule has 0 saturated carbocycles. The molecule has 0 aromatic heterocycles. The zero-order valence-electron chi connectivity index (χ0n) is 8.75. The Kier molecular flexibility index (Phi) is 4.62. The van der Waals surface area contributed by atoms with Gasteiger partial charge in [-0.05, 0) is 41.4 Å². The second-order valence-corrected chi connectivity index (χ2v) is 3.83. The van der Waals surface area contributed by atoms with Gasteiger partial charge in [-0.2, -0.15) is 0 Å². The third-order valence-corrected chi connectivity index (χ3v) is 2.43. The molecule has 0 aliphatic carbocycles. The monoisotopic (exact) mass is 272 g/mol. The SMILES string of the molecule is CCOC(=O)COc1c(C)cccc1Br. The molecule has 0 amide bonds. The number of hydrogen-bond acceptors (Lipinski definition) is 3. The van der Waals surface area contributed by atoms with E-state index in [9.17, 15) is 4.79 Å². The number of benzene rings is 1. The molecule has 0 bridgehead atoms. The smallest absolute Gasteiger partial charge is 0.344 e. The largest absolute Gasteiger partial charge is 0.480 e. The number of hydrogen-bond donors (Lipinski definition) is 0. The molecule has 0 radical (unpaired) electrons. The van der Waals surface area contributed by atoms with Gasteiger partial charge in [-0.1, -0.05) is 12.1 Å². The highest BCUT2D eigenvalue weighted by molar-refractivity contribution is 9.10. The van der Waals surface area contributed by atoms with Crippen molar-refractivity contribution in [1.82, 2.24) is 0 Å².